The molecule has 1 unspecified atom stereocenters. The fraction of sp³-hybridized carbons (Fsp3) is 0.556. The molecule has 1 aliphatic rings. The maximum atomic E-state index is 11.6. The van der Waals surface area contributed by atoms with E-state index in [1.807, 2.05) is 0 Å². The van der Waals surface area contributed by atoms with Crippen molar-refractivity contribution in [3.8, 4) is 0 Å². The van der Waals surface area contributed by atoms with Crippen molar-refractivity contribution in [1.82, 2.24) is 9.55 Å². The zero-order chi connectivity index (χ0) is 12.4. The van der Waals surface area contributed by atoms with Crippen LogP contribution in [0.15, 0.2) is 17.1 Å². The molecule has 3 atom stereocenters. The molecule has 2 heterocycles. The first kappa shape index (κ1) is 12.0. The summed E-state index contributed by atoms with van der Waals surface area (Å²) in [6, 6.07) is 1.52. The Bertz CT molecular complexity index is 449. The van der Waals surface area contributed by atoms with Gasteiger partial charge < -0.3 is 20.4 Å². The molecule has 94 valence electrons. The molecule has 0 radical (unpaired) electrons. The van der Waals surface area contributed by atoms with Gasteiger partial charge in [0.2, 0.25) is 0 Å². The Morgan fingerprint density at radius 1 is 1.71 bits per heavy atom. The molecular weight excluding hydrogens is 228 g/mol. The Labute approximate surface area is 96.6 Å². The molecule has 2 rings (SSSR count). The fourth-order valence-electron chi connectivity index (χ4n) is 1.76. The number of hydrogen-bond donors (Lipinski definition) is 4. The highest BCUT2D eigenvalue weighted by Gasteiger charge is 2.34. The normalized spacial score (nSPS) is 28.3. The van der Waals surface area contributed by atoms with Crippen LogP contribution in [0.3, 0.4) is 0 Å². The number of hydrazine groups is 1. The van der Waals surface area contributed by atoms with E-state index in [1.54, 1.807) is 0 Å². The summed E-state index contributed by atoms with van der Waals surface area (Å²) in [5.74, 6) is 5.38. The summed E-state index contributed by atoms with van der Waals surface area (Å²) < 4.78 is 6.58. The second-order valence-corrected chi connectivity index (χ2v) is 3.76. The zero-order valence-electron chi connectivity index (χ0n) is 8.98. The van der Waals surface area contributed by atoms with E-state index < -0.39 is 24.1 Å². The van der Waals surface area contributed by atoms with E-state index in [4.69, 9.17) is 15.7 Å². The number of aliphatic hydroxyl groups is 2. The van der Waals surface area contributed by atoms with Crippen LogP contribution in [-0.2, 0) is 4.74 Å². The molecule has 0 aromatic carbocycles. The predicted molar refractivity (Wildman–Crippen MR) is 57.9 cm³/mol. The molecule has 1 saturated heterocycles. The number of hydrogen-bond acceptors (Lipinski definition) is 7. The van der Waals surface area contributed by atoms with E-state index in [0.29, 0.717) is 0 Å². The van der Waals surface area contributed by atoms with Crippen LogP contribution in [0.5, 0.6) is 0 Å². The lowest BCUT2D eigenvalue weighted by Gasteiger charge is -2.14. The van der Waals surface area contributed by atoms with Gasteiger partial charge in [-0.25, -0.2) is 10.6 Å². The summed E-state index contributed by atoms with van der Waals surface area (Å²) in [6.07, 6.45) is -0.360. The van der Waals surface area contributed by atoms with E-state index in [0.717, 1.165) is 0 Å². The van der Waals surface area contributed by atoms with E-state index in [2.05, 4.69) is 10.4 Å². The summed E-state index contributed by atoms with van der Waals surface area (Å²) in [7, 11) is 0. The molecule has 1 aromatic rings. The first-order valence-corrected chi connectivity index (χ1v) is 5.16. The molecule has 8 heteroatoms. The van der Waals surface area contributed by atoms with Crippen molar-refractivity contribution < 1.29 is 14.9 Å². The molecular formula is C9H14N4O4. The third-order valence-electron chi connectivity index (χ3n) is 2.67. The van der Waals surface area contributed by atoms with Crippen molar-refractivity contribution in [2.75, 3.05) is 12.0 Å². The molecule has 0 bridgehead atoms. The van der Waals surface area contributed by atoms with Crippen molar-refractivity contribution in [2.45, 2.75) is 24.9 Å². The number of nitrogen functional groups attached to an aromatic ring is 1. The number of aromatic nitrogens is 2. The average molecular weight is 242 g/mol. The van der Waals surface area contributed by atoms with Crippen LogP contribution in [0.4, 0.5) is 5.82 Å². The van der Waals surface area contributed by atoms with Gasteiger partial charge in [-0.1, -0.05) is 0 Å². The lowest BCUT2D eigenvalue weighted by molar-refractivity contribution is -0.0458. The van der Waals surface area contributed by atoms with E-state index in [1.165, 1.54) is 16.8 Å². The van der Waals surface area contributed by atoms with Gasteiger partial charge in [0, 0.05) is 12.6 Å². The molecule has 5 N–H and O–H groups in total. The minimum absolute atomic E-state index is 0.238. The Morgan fingerprint density at radius 3 is 3.00 bits per heavy atom. The quantitative estimate of drug-likeness (QED) is 0.363. The number of anilines is 1. The lowest BCUT2D eigenvalue weighted by Crippen LogP contribution is -2.28. The Morgan fingerprint density at radius 2 is 2.47 bits per heavy atom. The SMILES string of the molecule is NNc1ccn([C@H]2CC(O)[C@@H](CO)O2)c(=O)n1. The smallest absolute Gasteiger partial charge is 0.351 e. The van der Waals surface area contributed by atoms with Crippen molar-refractivity contribution in [3.05, 3.63) is 22.7 Å². The number of nitrogens with one attached hydrogen (secondary N) is 1. The third-order valence-corrected chi connectivity index (χ3v) is 2.67. The van der Waals surface area contributed by atoms with E-state index >= 15 is 0 Å². The molecule has 1 aliphatic heterocycles. The minimum Gasteiger partial charge on any atom is -0.394 e. The number of nitrogens with zero attached hydrogens (tertiary/aromatic N) is 2. The van der Waals surface area contributed by atoms with Gasteiger partial charge in [-0.15, -0.1) is 0 Å². The molecule has 0 saturated carbocycles. The maximum Gasteiger partial charge on any atom is 0.351 e. The van der Waals surface area contributed by atoms with Gasteiger partial charge in [-0.2, -0.15) is 4.98 Å². The summed E-state index contributed by atoms with van der Waals surface area (Å²) in [4.78, 5) is 15.3. The Kier molecular flexibility index (Phi) is 3.38. The van der Waals surface area contributed by atoms with Gasteiger partial charge in [0.25, 0.3) is 0 Å². The largest absolute Gasteiger partial charge is 0.394 e. The van der Waals surface area contributed by atoms with Gasteiger partial charge in [0.05, 0.1) is 12.7 Å². The highest BCUT2D eigenvalue weighted by molar-refractivity contribution is 5.29. The number of aliphatic hydroxyl groups excluding tert-OH is 2. The lowest BCUT2D eigenvalue weighted by atomic mass is 10.2. The second kappa shape index (κ2) is 4.80. The monoisotopic (exact) mass is 242 g/mol. The number of ether oxygens (including phenoxy) is 1. The average Bonchev–Trinajstić information content (AvgIpc) is 2.70. The highest BCUT2D eigenvalue weighted by Crippen LogP contribution is 2.27. The van der Waals surface area contributed by atoms with E-state index in [-0.39, 0.29) is 18.8 Å². The second-order valence-electron chi connectivity index (χ2n) is 3.76. The van der Waals surface area contributed by atoms with Gasteiger partial charge in [-0.05, 0) is 6.07 Å². The van der Waals surface area contributed by atoms with Crippen LogP contribution < -0.4 is 17.0 Å². The molecule has 1 aromatic heterocycles. The van der Waals surface area contributed by atoms with Crippen LogP contribution in [0.25, 0.3) is 0 Å². The minimum atomic E-state index is -0.788. The number of nitrogens with two attached hydrogens (primary N) is 1. The molecule has 17 heavy (non-hydrogen) atoms. The van der Waals surface area contributed by atoms with Crippen LogP contribution >= 0.6 is 0 Å². The topological polar surface area (TPSA) is 123 Å². The van der Waals surface area contributed by atoms with Gasteiger partial charge in [0.15, 0.2) is 0 Å². The standard InChI is InChI=1S/C9H14N4O4/c10-12-7-1-2-13(9(16)11-7)8-3-5(15)6(4-14)17-8/h1-2,5-6,8,14-15H,3-4,10H2,(H,11,12,16)/t5?,6-,8-/m1/s1. The maximum absolute atomic E-state index is 11.6. The predicted octanol–water partition coefficient (Wildman–Crippen LogP) is -1.83. The first-order chi connectivity index (χ1) is 8.15. The Balaban J connectivity index is 2.22. The summed E-state index contributed by atoms with van der Waals surface area (Å²) >= 11 is 0. The van der Waals surface area contributed by atoms with Crippen molar-refractivity contribution in [1.29, 1.82) is 0 Å². The van der Waals surface area contributed by atoms with Crippen LogP contribution in [0.2, 0.25) is 0 Å². The van der Waals surface area contributed by atoms with Crippen molar-refractivity contribution in [3.63, 3.8) is 0 Å². The molecule has 0 amide bonds. The fourth-order valence-corrected chi connectivity index (χ4v) is 1.76. The van der Waals surface area contributed by atoms with Crippen LogP contribution in [0.1, 0.15) is 12.6 Å². The van der Waals surface area contributed by atoms with Crippen molar-refractivity contribution >= 4 is 5.82 Å². The molecule has 8 nitrogen and oxygen atoms in total. The summed E-state index contributed by atoms with van der Waals surface area (Å²) in [6.45, 7) is -0.289. The van der Waals surface area contributed by atoms with Crippen molar-refractivity contribution in [2.24, 2.45) is 5.84 Å². The molecule has 0 spiro atoms. The Hall–Kier alpha value is -1.48. The van der Waals surface area contributed by atoms with Gasteiger partial charge in [-0.3, -0.25) is 4.57 Å². The highest BCUT2D eigenvalue weighted by atomic mass is 16.5. The third kappa shape index (κ3) is 2.29. The van der Waals surface area contributed by atoms with Gasteiger partial charge >= 0.3 is 5.69 Å². The first-order valence-electron chi connectivity index (χ1n) is 5.16. The number of rotatable bonds is 3. The zero-order valence-corrected chi connectivity index (χ0v) is 8.98. The van der Waals surface area contributed by atoms with Crippen LogP contribution in [-0.4, -0.2) is 38.6 Å². The van der Waals surface area contributed by atoms with E-state index in [9.17, 15) is 9.90 Å². The molecule has 1 fully saturated rings. The van der Waals surface area contributed by atoms with Crippen LogP contribution in [0, 0.1) is 0 Å². The summed E-state index contributed by atoms with van der Waals surface area (Å²) in [5, 5.41) is 18.5. The summed E-state index contributed by atoms with van der Waals surface area (Å²) in [5.41, 5.74) is 1.73. The molecule has 0 aliphatic carbocycles. The van der Waals surface area contributed by atoms with Gasteiger partial charge in [0.1, 0.15) is 18.1 Å².